The summed E-state index contributed by atoms with van der Waals surface area (Å²) >= 11 is 0. The van der Waals surface area contributed by atoms with Gasteiger partial charge in [-0.25, -0.2) is 4.79 Å². The van der Waals surface area contributed by atoms with Gasteiger partial charge in [0.25, 0.3) is 0 Å². The van der Waals surface area contributed by atoms with Crippen molar-refractivity contribution in [3.8, 4) is 11.1 Å². The van der Waals surface area contributed by atoms with E-state index in [2.05, 4.69) is 17.1 Å². The quantitative estimate of drug-likeness (QED) is 0.438. The van der Waals surface area contributed by atoms with E-state index in [0.717, 1.165) is 12.0 Å². The number of carbonyl (C=O) groups is 2. The molecule has 3 aromatic rings. The van der Waals surface area contributed by atoms with E-state index in [1.165, 1.54) is 35.0 Å². The molecule has 126 valence electrons. The number of Topliss-reactive ketones (excluding diaryl/α,β-unsaturated/α-hetero) is 1. The van der Waals surface area contributed by atoms with Crippen LogP contribution in [0.3, 0.4) is 0 Å². The molecule has 0 radical (unpaired) electrons. The molecule has 0 bridgehead atoms. The van der Waals surface area contributed by atoms with Crippen LogP contribution in [0.2, 0.25) is 0 Å². The van der Waals surface area contributed by atoms with Crippen molar-refractivity contribution in [3.05, 3.63) is 89.0 Å². The number of hydrogen-bond acceptors (Lipinski definition) is 3. The number of carboxylic acids is 1. The predicted molar refractivity (Wildman–Crippen MR) is 101 cm³/mol. The number of fused-ring (bicyclic) bond motifs is 3. The molecule has 0 unspecified atom stereocenters. The number of benzene rings is 3. The lowest BCUT2D eigenvalue weighted by Crippen LogP contribution is -2.01. The zero-order valence-corrected chi connectivity index (χ0v) is 13.8. The van der Waals surface area contributed by atoms with Crippen molar-refractivity contribution in [2.45, 2.75) is 6.42 Å². The van der Waals surface area contributed by atoms with Gasteiger partial charge in [0.15, 0.2) is 0 Å². The first kappa shape index (κ1) is 16.0. The Morgan fingerprint density at radius 1 is 0.846 bits per heavy atom. The largest absolute Gasteiger partial charge is 0.478 e. The number of aromatic carboxylic acids is 1. The van der Waals surface area contributed by atoms with Crippen LogP contribution in [-0.4, -0.2) is 23.1 Å². The summed E-state index contributed by atoms with van der Waals surface area (Å²) in [7, 11) is 0. The molecule has 0 atom stereocenters. The fraction of sp³-hybridized carbons (Fsp3) is 0.0455. The number of carbonyl (C=O) groups excluding carboxylic acids is 1. The van der Waals surface area contributed by atoms with Crippen LogP contribution in [0.15, 0.2) is 71.7 Å². The lowest BCUT2D eigenvalue weighted by atomic mass is 10.0. The van der Waals surface area contributed by atoms with Gasteiger partial charge in [-0.15, -0.1) is 0 Å². The fourth-order valence-electron chi connectivity index (χ4n) is 3.20. The average molecular weight is 341 g/mol. The maximum atomic E-state index is 12.4. The second kappa shape index (κ2) is 6.41. The Kier molecular flexibility index (Phi) is 3.93. The summed E-state index contributed by atoms with van der Waals surface area (Å²) in [5.74, 6) is -1.16. The average Bonchev–Trinajstić information content (AvgIpc) is 3.04. The van der Waals surface area contributed by atoms with E-state index in [1.807, 2.05) is 30.3 Å². The summed E-state index contributed by atoms with van der Waals surface area (Å²) in [5.41, 5.74) is 6.16. The van der Waals surface area contributed by atoms with Gasteiger partial charge >= 0.3 is 5.97 Å². The molecule has 0 saturated carbocycles. The zero-order valence-electron chi connectivity index (χ0n) is 13.8. The minimum absolute atomic E-state index is 0.175. The molecule has 0 heterocycles. The van der Waals surface area contributed by atoms with Crippen LogP contribution in [0.25, 0.3) is 11.1 Å². The number of aliphatic imine (C=N–C) groups is 1. The summed E-state index contributed by atoms with van der Waals surface area (Å²) in [4.78, 5) is 27.4. The van der Waals surface area contributed by atoms with Crippen LogP contribution in [0.1, 0.15) is 31.8 Å². The van der Waals surface area contributed by atoms with Crippen LogP contribution < -0.4 is 0 Å². The van der Waals surface area contributed by atoms with Crippen molar-refractivity contribution in [1.29, 1.82) is 0 Å². The van der Waals surface area contributed by atoms with E-state index in [9.17, 15) is 9.59 Å². The normalized spacial score (nSPS) is 12.0. The van der Waals surface area contributed by atoms with E-state index in [0.29, 0.717) is 11.3 Å². The van der Waals surface area contributed by atoms with Crippen LogP contribution >= 0.6 is 0 Å². The summed E-state index contributed by atoms with van der Waals surface area (Å²) < 4.78 is 0. The van der Waals surface area contributed by atoms with E-state index in [-0.39, 0.29) is 11.3 Å². The van der Waals surface area contributed by atoms with Gasteiger partial charge in [-0.3, -0.25) is 9.79 Å². The van der Waals surface area contributed by atoms with Gasteiger partial charge in [0.2, 0.25) is 5.78 Å². The Morgan fingerprint density at radius 2 is 1.54 bits per heavy atom. The van der Waals surface area contributed by atoms with Crippen molar-refractivity contribution in [1.82, 2.24) is 0 Å². The van der Waals surface area contributed by atoms with Crippen molar-refractivity contribution in [2.24, 2.45) is 4.99 Å². The summed E-state index contributed by atoms with van der Waals surface area (Å²) in [6.45, 7) is 0. The Hall–Kier alpha value is -3.53. The molecule has 26 heavy (non-hydrogen) atoms. The molecule has 4 rings (SSSR count). The third-order valence-corrected chi connectivity index (χ3v) is 4.52. The van der Waals surface area contributed by atoms with E-state index >= 15 is 0 Å². The second-order valence-corrected chi connectivity index (χ2v) is 6.18. The molecular weight excluding hydrogens is 326 g/mol. The van der Waals surface area contributed by atoms with Crippen molar-refractivity contribution >= 4 is 23.7 Å². The maximum absolute atomic E-state index is 12.4. The molecule has 0 spiro atoms. The first-order valence-electron chi connectivity index (χ1n) is 8.25. The third-order valence-electron chi connectivity index (χ3n) is 4.52. The third kappa shape index (κ3) is 2.93. The highest BCUT2D eigenvalue weighted by atomic mass is 16.4. The lowest BCUT2D eigenvalue weighted by Gasteiger charge is -2.02. The molecule has 4 nitrogen and oxygen atoms in total. The minimum Gasteiger partial charge on any atom is -0.478 e. The van der Waals surface area contributed by atoms with Gasteiger partial charge in [0, 0.05) is 5.56 Å². The Bertz CT molecular complexity index is 1050. The Morgan fingerprint density at radius 3 is 2.31 bits per heavy atom. The molecule has 1 aliphatic carbocycles. The topological polar surface area (TPSA) is 66.7 Å². The number of rotatable bonds is 4. The van der Waals surface area contributed by atoms with E-state index in [4.69, 9.17) is 5.11 Å². The molecule has 0 amide bonds. The van der Waals surface area contributed by atoms with Gasteiger partial charge in [-0.05, 0) is 59.0 Å². The summed E-state index contributed by atoms with van der Waals surface area (Å²) in [6.07, 6.45) is 2.11. The summed E-state index contributed by atoms with van der Waals surface area (Å²) in [5, 5.41) is 8.89. The highest BCUT2D eigenvalue weighted by Crippen LogP contribution is 2.36. The maximum Gasteiger partial charge on any atom is 0.335 e. The van der Waals surface area contributed by atoms with E-state index < -0.39 is 5.97 Å². The molecular formula is C22H15NO3. The molecule has 0 aromatic heterocycles. The van der Waals surface area contributed by atoms with Gasteiger partial charge in [-0.1, -0.05) is 36.4 Å². The molecule has 0 saturated heterocycles. The first-order chi connectivity index (χ1) is 12.6. The predicted octanol–water partition coefficient (Wildman–Crippen LogP) is 4.54. The van der Waals surface area contributed by atoms with Crippen molar-refractivity contribution in [2.75, 3.05) is 0 Å². The fourth-order valence-corrected chi connectivity index (χ4v) is 3.20. The van der Waals surface area contributed by atoms with Crippen LogP contribution in [0.4, 0.5) is 5.69 Å². The molecule has 0 aliphatic heterocycles. The smallest absolute Gasteiger partial charge is 0.335 e. The second-order valence-electron chi connectivity index (χ2n) is 6.18. The van der Waals surface area contributed by atoms with Crippen molar-refractivity contribution in [3.63, 3.8) is 0 Å². The molecule has 0 fully saturated rings. The Balaban J connectivity index is 1.54. The lowest BCUT2D eigenvalue weighted by molar-refractivity contribution is 0.0696. The Labute approximate surface area is 150 Å². The minimum atomic E-state index is -0.990. The zero-order chi connectivity index (χ0) is 18.1. The monoisotopic (exact) mass is 341 g/mol. The highest BCUT2D eigenvalue weighted by Gasteiger charge is 2.18. The molecule has 4 heteroatoms. The van der Waals surface area contributed by atoms with Gasteiger partial charge in [0.05, 0.1) is 17.5 Å². The summed E-state index contributed by atoms with van der Waals surface area (Å²) in [6, 6.07) is 20.1. The number of ketones is 1. The van der Waals surface area contributed by atoms with Gasteiger partial charge in [0.1, 0.15) is 0 Å². The molecule has 1 N–H and O–H groups in total. The standard InChI is InChI=1S/C22H15NO3/c24-21(13-23-18-8-5-14(6-9-18)22(25)26)16-7-10-20-17(12-16)11-15-3-1-2-4-19(15)20/h1-10,12-13H,11H2,(H,25,26). The van der Waals surface area contributed by atoms with Crippen LogP contribution in [0, 0.1) is 0 Å². The van der Waals surface area contributed by atoms with Crippen molar-refractivity contribution < 1.29 is 14.7 Å². The molecule has 3 aromatic carbocycles. The number of hydrogen-bond donors (Lipinski definition) is 1. The van der Waals surface area contributed by atoms with Crippen LogP contribution in [-0.2, 0) is 6.42 Å². The van der Waals surface area contributed by atoms with Gasteiger partial charge < -0.3 is 5.11 Å². The SMILES string of the molecule is O=C(O)c1ccc(N=CC(=O)c2ccc3c(c2)Cc2ccccc2-3)cc1. The van der Waals surface area contributed by atoms with Crippen LogP contribution in [0.5, 0.6) is 0 Å². The van der Waals surface area contributed by atoms with E-state index in [1.54, 1.807) is 12.1 Å². The number of carboxylic acid groups (broad SMARTS) is 1. The van der Waals surface area contributed by atoms with Gasteiger partial charge in [-0.2, -0.15) is 0 Å². The first-order valence-corrected chi connectivity index (χ1v) is 8.25. The molecule has 1 aliphatic rings. The number of nitrogens with zero attached hydrogens (tertiary/aromatic N) is 1. The highest BCUT2D eigenvalue weighted by molar-refractivity contribution is 6.35.